The lowest BCUT2D eigenvalue weighted by Crippen LogP contribution is -2.49. The normalized spacial score (nSPS) is 19.0. The van der Waals surface area contributed by atoms with Crippen molar-refractivity contribution in [2.24, 2.45) is 0 Å². The Morgan fingerprint density at radius 1 is 1.48 bits per heavy atom. The van der Waals surface area contributed by atoms with Gasteiger partial charge in [0, 0.05) is 23.5 Å². The molecule has 2 atom stereocenters. The fourth-order valence-corrected chi connectivity index (χ4v) is 4.37. The Morgan fingerprint density at radius 2 is 2.24 bits per heavy atom. The van der Waals surface area contributed by atoms with Gasteiger partial charge in [-0.15, -0.1) is 11.3 Å². The van der Waals surface area contributed by atoms with Crippen LogP contribution in [-0.4, -0.2) is 46.7 Å². The first-order chi connectivity index (χ1) is 12.0. The first-order valence-corrected chi connectivity index (χ1v) is 9.56. The summed E-state index contributed by atoms with van der Waals surface area (Å²) >= 11 is 6.60. The summed E-state index contributed by atoms with van der Waals surface area (Å²) < 4.78 is 6.24. The topological polar surface area (TPSA) is 65.6 Å². The number of aromatic nitrogens is 1. The predicted molar refractivity (Wildman–Crippen MR) is 100 cm³/mol. The second-order valence-electron chi connectivity index (χ2n) is 6.22. The highest BCUT2D eigenvalue weighted by atomic mass is 32.1. The van der Waals surface area contributed by atoms with E-state index in [1.807, 2.05) is 42.2 Å². The summed E-state index contributed by atoms with van der Waals surface area (Å²) in [5.41, 5.74) is 1.82. The second-order valence-corrected chi connectivity index (χ2v) is 7.99. The number of rotatable bonds is 5. The molecule has 0 unspecified atom stereocenters. The molecule has 1 aromatic heterocycles. The number of hydrogen-bond donors (Lipinski definition) is 2. The molecule has 2 heterocycles. The lowest BCUT2D eigenvalue weighted by atomic mass is 10.0. The third-order valence-corrected chi connectivity index (χ3v) is 5.80. The van der Waals surface area contributed by atoms with E-state index < -0.39 is 6.10 Å². The Hall–Kier alpha value is -1.54. The molecule has 0 spiro atoms. The largest absolute Gasteiger partial charge is 0.388 e. The van der Waals surface area contributed by atoms with Crippen molar-refractivity contribution in [2.75, 3.05) is 19.8 Å². The van der Waals surface area contributed by atoms with Crippen molar-refractivity contribution >= 4 is 29.5 Å². The van der Waals surface area contributed by atoms with E-state index in [1.54, 1.807) is 0 Å². The van der Waals surface area contributed by atoms with Crippen LogP contribution in [0.15, 0.2) is 30.3 Å². The third kappa shape index (κ3) is 4.55. The summed E-state index contributed by atoms with van der Waals surface area (Å²) in [6, 6.07) is 9.41. The van der Waals surface area contributed by atoms with E-state index in [4.69, 9.17) is 17.0 Å². The number of carbonyl (C=O) groups excluding carboxylic acids is 1. The monoisotopic (exact) mass is 378 g/mol. The summed E-state index contributed by atoms with van der Waals surface area (Å²) in [6.45, 7) is 3.48. The maximum atomic E-state index is 12.8. The number of ether oxygens (including phenoxy) is 1. The molecule has 1 aliphatic heterocycles. The number of benzene rings is 1. The molecule has 0 aliphatic carbocycles. The molecule has 134 valence electrons. The summed E-state index contributed by atoms with van der Waals surface area (Å²) in [6.07, 6.45) is 0.193. The summed E-state index contributed by atoms with van der Waals surface area (Å²) in [5.74, 6) is 0.0573. The van der Waals surface area contributed by atoms with E-state index >= 15 is 0 Å². The van der Waals surface area contributed by atoms with Gasteiger partial charge in [-0.2, -0.15) is 0 Å². The van der Waals surface area contributed by atoms with Gasteiger partial charge < -0.3 is 19.7 Å². The molecule has 0 bridgehead atoms. The van der Waals surface area contributed by atoms with Gasteiger partial charge in [-0.1, -0.05) is 30.3 Å². The molecule has 1 aliphatic rings. The minimum Gasteiger partial charge on any atom is -0.388 e. The van der Waals surface area contributed by atoms with Crippen LogP contribution in [0.1, 0.15) is 28.7 Å². The summed E-state index contributed by atoms with van der Waals surface area (Å²) in [7, 11) is 0. The maximum Gasteiger partial charge on any atom is 0.228 e. The van der Waals surface area contributed by atoms with E-state index in [9.17, 15) is 9.90 Å². The molecule has 1 amide bonds. The van der Waals surface area contributed by atoms with Crippen LogP contribution in [0.2, 0.25) is 0 Å². The van der Waals surface area contributed by atoms with Gasteiger partial charge in [0.05, 0.1) is 31.8 Å². The first-order valence-electron chi connectivity index (χ1n) is 8.33. The van der Waals surface area contributed by atoms with Crippen molar-refractivity contribution in [3.8, 4) is 0 Å². The van der Waals surface area contributed by atoms with Crippen LogP contribution >= 0.6 is 23.6 Å². The van der Waals surface area contributed by atoms with Gasteiger partial charge in [0.2, 0.25) is 5.91 Å². The number of aliphatic hydroxyl groups excluding tert-OH is 1. The number of amides is 1. The quantitative estimate of drug-likeness (QED) is 0.785. The number of aryl methyl sites for hydroxylation is 1. The highest BCUT2D eigenvalue weighted by molar-refractivity contribution is 7.73. The van der Waals surface area contributed by atoms with Crippen molar-refractivity contribution in [3.05, 3.63) is 50.4 Å². The average Bonchev–Trinajstić information content (AvgIpc) is 2.93. The zero-order valence-electron chi connectivity index (χ0n) is 14.1. The number of nitrogens with one attached hydrogen (secondary N) is 1. The van der Waals surface area contributed by atoms with Crippen LogP contribution in [0.3, 0.4) is 0 Å². The molecular weight excluding hydrogens is 356 g/mol. The molecule has 1 fully saturated rings. The smallest absolute Gasteiger partial charge is 0.228 e. The second kappa shape index (κ2) is 8.23. The number of hydrogen-bond acceptors (Lipinski definition) is 5. The standard InChI is InChI=1S/C18H22N2O3S2/c1-12-16(25-18(24)19-12)10-17(22)20-7-8-23-11-14(20)9-15(21)13-5-3-2-4-6-13/h2-6,14-15,21H,7-11H2,1H3,(H,19,24)/t14-,15+/m1/s1. The van der Waals surface area contributed by atoms with Gasteiger partial charge in [-0.3, -0.25) is 4.79 Å². The van der Waals surface area contributed by atoms with Crippen LogP contribution in [0, 0.1) is 10.9 Å². The van der Waals surface area contributed by atoms with Gasteiger partial charge in [0.25, 0.3) is 0 Å². The fraction of sp³-hybridized carbons (Fsp3) is 0.444. The average molecular weight is 379 g/mol. The number of thiazole rings is 1. The van der Waals surface area contributed by atoms with E-state index in [2.05, 4.69) is 4.98 Å². The number of morpholine rings is 1. The molecule has 1 aromatic carbocycles. The van der Waals surface area contributed by atoms with E-state index in [1.165, 1.54) is 11.3 Å². The van der Waals surface area contributed by atoms with Crippen LogP contribution < -0.4 is 0 Å². The van der Waals surface area contributed by atoms with Crippen molar-refractivity contribution in [1.82, 2.24) is 9.88 Å². The van der Waals surface area contributed by atoms with Gasteiger partial charge in [0.15, 0.2) is 3.95 Å². The van der Waals surface area contributed by atoms with Crippen molar-refractivity contribution in [1.29, 1.82) is 0 Å². The minimum absolute atomic E-state index is 0.0573. The molecule has 3 rings (SSSR count). The lowest BCUT2D eigenvalue weighted by Gasteiger charge is -2.36. The number of carbonyl (C=O) groups is 1. The van der Waals surface area contributed by atoms with Gasteiger partial charge in [-0.05, 0) is 24.7 Å². The third-order valence-electron chi connectivity index (χ3n) is 4.46. The Labute approximate surface area is 156 Å². The Morgan fingerprint density at radius 3 is 2.92 bits per heavy atom. The van der Waals surface area contributed by atoms with Crippen LogP contribution in [0.5, 0.6) is 0 Å². The Balaban J connectivity index is 1.69. The van der Waals surface area contributed by atoms with Gasteiger partial charge in [-0.25, -0.2) is 0 Å². The van der Waals surface area contributed by atoms with Gasteiger partial charge >= 0.3 is 0 Å². The van der Waals surface area contributed by atoms with E-state index in [-0.39, 0.29) is 11.9 Å². The Bertz CT molecular complexity index is 772. The van der Waals surface area contributed by atoms with Crippen molar-refractivity contribution < 1.29 is 14.6 Å². The highest BCUT2D eigenvalue weighted by Gasteiger charge is 2.30. The first kappa shape index (κ1) is 18.3. The molecule has 25 heavy (non-hydrogen) atoms. The van der Waals surface area contributed by atoms with E-state index in [0.717, 1.165) is 16.1 Å². The summed E-state index contributed by atoms with van der Waals surface area (Å²) in [5, 5.41) is 10.5. The fourth-order valence-electron chi connectivity index (χ4n) is 3.09. The number of H-pyrrole nitrogens is 1. The lowest BCUT2D eigenvalue weighted by molar-refractivity contribution is -0.140. The molecule has 5 nitrogen and oxygen atoms in total. The molecule has 0 saturated carbocycles. The molecule has 1 saturated heterocycles. The van der Waals surface area contributed by atoms with Crippen molar-refractivity contribution in [3.63, 3.8) is 0 Å². The van der Waals surface area contributed by atoms with E-state index in [0.29, 0.717) is 36.6 Å². The molecule has 2 aromatic rings. The molecule has 2 N–H and O–H groups in total. The number of aliphatic hydroxyl groups is 1. The zero-order valence-corrected chi connectivity index (χ0v) is 15.7. The SMILES string of the molecule is Cc1[nH]c(=S)sc1CC(=O)N1CCOC[C@H]1C[C@H](O)c1ccccc1. The molecule has 7 heteroatoms. The van der Waals surface area contributed by atoms with Crippen LogP contribution in [0.4, 0.5) is 0 Å². The zero-order chi connectivity index (χ0) is 17.8. The Kier molecular flexibility index (Phi) is 6.01. The minimum atomic E-state index is -0.612. The predicted octanol–water partition coefficient (Wildman–Crippen LogP) is 3.01. The number of nitrogens with zero attached hydrogens (tertiary/aromatic N) is 1. The van der Waals surface area contributed by atoms with Gasteiger partial charge in [0.1, 0.15) is 0 Å². The van der Waals surface area contributed by atoms with Crippen LogP contribution in [0.25, 0.3) is 0 Å². The van der Waals surface area contributed by atoms with Crippen molar-refractivity contribution in [2.45, 2.75) is 31.9 Å². The molecule has 0 radical (unpaired) electrons. The number of aromatic amines is 1. The molecular formula is C18H22N2O3S2. The summed E-state index contributed by atoms with van der Waals surface area (Å²) in [4.78, 5) is 18.7. The van der Waals surface area contributed by atoms with Crippen LogP contribution in [-0.2, 0) is 16.0 Å². The highest BCUT2D eigenvalue weighted by Crippen LogP contribution is 2.24. The maximum absolute atomic E-state index is 12.8.